The molecule has 2 heterocycles. The molecule has 0 bridgehead atoms. The van der Waals surface area contributed by atoms with Crippen LogP contribution in [0.1, 0.15) is 85.3 Å². The first-order valence-electron chi connectivity index (χ1n) is 14.4. The molecule has 3 N–H and O–H groups in total. The Labute approximate surface area is 257 Å². The normalized spacial score (nSPS) is 15.4. The molecule has 0 unspecified atom stereocenters. The molecule has 0 atom stereocenters. The van der Waals surface area contributed by atoms with Gasteiger partial charge in [-0.05, 0) is 108 Å². The van der Waals surface area contributed by atoms with Crippen molar-refractivity contribution in [3.05, 3.63) is 65.7 Å². The first-order valence-corrected chi connectivity index (χ1v) is 14.4. The number of aliphatic hydroxyl groups is 1. The van der Waals surface area contributed by atoms with Crippen LogP contribution in [0.5, 0.6) is 11.5 Å². The number of ether oxygens (including phenoxy) is 2. The summed E-state index contributed by atoms with van der Waals surface area (Å²) >= 11 is 0. The van der Waals surface area contributed by atoms with E-state index in [9.17, 15) is 19.8 Å². The van der Waals surface area contributed by atoms with E-state index in [0.717, 1.165) is 43.1 Å². The lowest BCUT2D eigenvalue weighted by Crippen LogP contribution is -2.41. The Hall–Kier alpha value is -3.72. The highest BCUT2D eigenvalue weighted by Gasteiger charge is 2.27. The van der Waals surface area contributed by atoms with E-state index in [-0.39, 0.29) is 25.4 Å². The topological polar surface area (TPSA) is 120 Å². The molecule has 240 valence electrons. The summed E-state index contributed by atoms with van der Waals surface area (Å²) in [7, 11) is 1.00. The van der Waals surface area contributed by atoms with Crippen LogP contribution in [0.3, 0.4) is 0 Å². The second-order valence-electron chi connectivity index (χ2n) is 12.3. The van der Waals surface area contributed by atoms with Crippen molar-refractivity contribution in [2.45, 2.75) is 85.4 Å². The number of carbonyl (C=O) groups is 2. The first kappa shape index (κ1) is 37.3. The molecule has 2 aliphatic heterocycles. The van der Waals surface area contributed by atoms with Crippen molar-refractivity contribution in [2.75, 3.05) is 33.3 Å². The van der Waals surface area contributed by atoms with Gasteiger partial charge in [-0.3, -0.25) is 0 Å². The number of amides is 2. The highest BCUT2D eigenvalue weighted by Crippen LogP contribution is 2.30. The summed E-state index contributed by atoms with van der Waals surface area (Å²) in [5.74, 6) is 0.968. The number of phenolic OH excluding ortho intramolecular Hbond substituents is 2. The van der Waals surface area contributed by atoms with E-state index >= 15 is 0 Å². The molecule has 0 saturated carbocycles. The van der Waals surface area contributed by atoms with Crippen molar-refractivity contribution >= 4 is 17.8 Å². The van der Waals surface area contributed by atoms with Crippen LogP contribution >= 0.6 is 0 Å². The SMILES string of the molecule is C.CC(C)(C)OC(=O)N1CC=C(c2cccc(O)c2)CC1.CC(C)(C)OC(=O)N1CCC(c2cccc(O)c2)CC1.CO. The predicted octanol–water partition coefficient (Wildman–Crippen LogP) is 7.17. The average molecular weight is 601 g/mol. The van der Waals surface area contributed by atoms with Crippen LogP contribution in [0.2, 0.25) is 0 Å². The summed E-state index contributed by atoms with van der Waals surface area (Å²) in [6, 6.07) is 14.6. The summed E-state index contributed by atoms with van der Waals surface area (Å²) < 4.78 is 10.7. The standard InChI is InChI=1S/C16H23NO3.C16H21NO3.CH4O.CH4/c2*1-16(2,3)20-15(19)17-9-7-12(8-10-17)13-5-4-6-14(18)11-13;1-2;/h4-6,11-12,18H,7-10H2,1-3H3;4-7,11,18H,8-10H2,1-3H3;2H,1H3;1H4. The Morgan fingerprint density at radius 2 is 1.28 bits per heavy atom. The number of nitrogens with zero attached hydrogens (tertiary/aromatic N) is 2. The first-order chi connectivity index (χ1) is 19.7. The maximum absolute atomic E-state index is 12.0. The third-order valence-corrected chi connectivity index (χ3v) is 6.57. The van der Waals surface area contributed by atoms with Gasteiger partial charge in [0.2, 0.25) is 0 Å². The minimum atomic E-state index is -0.466. The number of phenols is 2. The second-order valence-corrected chi connectivity index (χ2v) is 12.3. The Morgan fingerprint density at radius 1 is 0.767 bits per heavy atom. The van der Waals surface area contributed by atoms with Crippen LogP contribution in [-0.2, 0) is 9.47 Å². The minimum absolute atomic E-state index is 0. The molecule has 9 nitrogen and oxygen atoms in total. The van der Waals surface area contributed by atoms with Crippen molar-refractivity contribution in [1.29, 1.82) is 0 Å². The third-order valence-electron chi connectivity index (χ3n) is 6.57. The average Bonchev–Trinajstić information content (AvgIpc) is 2.93. The molecule has 2 aromatic rings. The lowest BCUT2D eigenvalue weighted by molar-refractivity contribution is 0.0203. The predicted molar refractivity (Wildman–Crippen MR) is 171 cm³/mol. The number of benzene rings is 2. The lowest BCUT2D eigenvalue weighted by Gasteiger charge is -2.33. The molecule has 4 rings (SSSR count). The lowest BCUT2D eigenvalue weighted by atomic mass is 9.89. The molecule has 0 aliphatic carbocycles. The Morgan fingerprint density at radius 3 is 1.74 bits per heavy atom. The summed E-state index contributed by atoms with van der Waals surface area (Å²) in [6.45, 7) is 13.8. The highest BCUT2D eigenvalue weighted by atomic mass is 16.6. The molecule has 1 fully saturated rings. The summed E-state index contributed by atoms with van der Waals surface area (Å²) in [5, 5.41) is 26.0. The summed E-state index contributed by atoms with van der Waals surface area (Å²) in [5.41, 5.74) is 2.40. The number of piperidine rings is 1. The summed E-state index contributed by atoms with van der Waals surface area (Å²) in [6.07, 6.45) is 4.09. The third kappa shape index (κ3) is 13.0. The number of aliphatic hydroxyl groups excluding tert-OH is 1. The highest BCUT2D eigenvalue weighted by molar-refractivity contribution is 5.73. The number of carbonyl (C=O) groups excluding carboxylic acids is 2. The van der Waals surface area contributed by atoms with Crippen LogP contribution in [0.4, 0.5) is 9.59 Å². The number of hydrogen-bond donors (Lipinski definition) is 3. The maximum Gasteiger partial charge on any atom is 0.410 e. The molecule has 43 heavy (non-hydrogen) atoms. The van der Waals surface area contributed by atoms with Crippen molar-refractivity contribution in [3.8, 4) is 11.5 Å². The van der Waals surface area contributed by atoms with Gasteiger partial charge in [0.15, 0.2) is 0 Å². The largest absolute Gasteiger partial charge is 0.508 e. The van der Waals surface area contributed by atoms with Crippen LogP contribution in [0.15, 0.2) is 54.6 Å². The Bertz CT molecular complexity index is 1190. The van der Waals surface area contributed by atoms with E-state index < -0.39 is 11.2 Å². The van der Waals surface area contributed by atoms with Gasteiger partial charge in [-0.1, -0.05) is 37.8 Å². The van der Waals surface area contributed by atoms with Gasteiger partial charge in [0, 0.05) is 33.3 Å². The minimum Gasteiger partial charge on any atom is -0.508 e. The van der Waals surface area contributed by atoms with E-state index in [2.05, 4.69) is 0 Å². The van der Waals surface area contributed by atoms with Gasteiger partial charge >= 0.3 is 12.2 Å². The van der Waals surface area contributed by atoms with E-state index in [4.69, 9.17) is 14.6 Å². The van der Waals surface area contributed by atoms with E-state index in [1.165, 1.54) is 0 Å². The molecular weight excluding hydrogens is 548 g/mol. The van der Waals surface area contributed by atoms with E-state index in [0.29, 0.717) is 37.8 Å². The van der Waals surface area contributed by atoms with Crippen molar-refractivity contribution in [1.82, 2.24) is 9.80 Å². The fraction of sp³-hybridized carbons (Fsp3) is 0.529. The molecule has 2 aliphatic rings. The monoisotopic (exact) mass is 600 g/mol. The van der Waals surface area contributed by atoms with Crippen molar-refractivity contribution < 1.29 is 34.4 Å². The van der Waals surface area contributed by atoms with Crippen molar-refractivity contribution in [2.24, 2.45) is 0 Å². The molecule has 2 amide bonds. The zero-order chi connectivity index (χ0) is 31.5. The molecular formula is C34H52N2O7. The zero-order valence-electron chi connectivity index (χ0n) is 26.1. The van der Waals surface area contributed by atoms with Gasteiger partial charge in [0.05, 0.1) is 0 Å². The molecule has 9 heteroatoms. The van der Waals surface area contributed by atoms with E-state index in [1.807, 2.05) is 78.0 Å². The zero-order valence-corrected chi connectivity index (χ0v) is 26.1. The smallest absolute Gasteiger partial charge is 0.410 e. The Kier molecular flexibility index (Phi) is 14.6. The fourth-order valence-electron chi connectivity index (χ4n) is 4.63. The van der Waals surface area contributed by atoms with Gasteiger partial charge in [-0.2, -0.15) is 0 Å². The van der Waals surface area contributed by atoms with Gasteiger partial charge in [0.25, 0.3) is 0 Å². The molecule has 0 radical (unpaired) electrons. The van der Waals surface area contributed by atoms with Crippen LogP contribution in [-0.4, -0.2) is 81.8 Å². The molecule has 0 aromatic heterocycles. The molecule has 1 saturated heterocycles. The van der Waals surface area contributed by atoms with Gasteiger partial charge in [-0.15, -0.1) is 0 Å². The maximum atomic E-state index is 12.0. The van der Waals surface area contributed by atoms with Crippen LogP contribution in [0, 0.1) is 0 Å². The summed E-state index contributed by atoms with van der Waals surface area (Å²) in [4.78, 5) is 27.4. The fourth-order valence-corrected chi connectivity index (χ4v) is 4.63. The number of aromatic hydroxyl groups is 2. The molecule has 2 aromatic carbocycles. The van der Waals surface area contributed by atoms with Gasteiger partial charge < -0.3 is 34.6 Å². The van der Waals surface area contributed by atoms with Gasteiger partial charge in [-0.25, -0.2) is 9.59 Å². The van der Waals surface area contributed by atoms with Crippen molar-refractivity contribution in [3.63, 3.8) is 0 Å². The van der Waals surface area contributed by atoms with Crippen LogP contribution < -0.4 is 0 Å². The number of rotatable bonds is 2. The van der Waals surface area contributed by atoms with E-state index in [1.54, 1.807) is 28.0 Å². The van der Waals surface area contributed by atoms with Gasteiger partial charge in [0.1, 0.15) is 22.7 Å². The van der Waals surface area contributed by atoms with Crippen LogP contribution in [0.25, 0.3) is 5.57 Å². The quantitative estimate of drug-likeness (QED) is 0.334. The molecule has 0 spiro atoms. The number of hydrogen-bond acceptors (Lipinski definition) is 7. The second kappa shape index (κ2) is 16.8. The Balaban J connectivity index is 0.000000398. The number of likely N-dealkylation sites (tertiary alicyclic amines) is 1.